The van der Waals surface area contributed by atoms with E-state index in [9.17, 15) is 27.7 Å². The molecule has 10 heteroatoms. The first-order valence-electron chi connectivity index (χ1n) is 7.79. The zero-order valence-corrected chi connectivity index (χ0v) is 16.4. The van der Waals surface area contributed by atoms with Crippen molar-refractivity contribution in [3.05, 3.63) is 63.5 Å². The Kier molecular flexibility index (Phi) is 6.22. The summed E-state index contributed by atoms with van der Waals surface area (Å²) in [6.45, 7) is 5.30. The van der Waals surface area contributed by atoms with E-state index in [1.807, 2.05) is 13.8 Å². The predicted octanol–water partition coefficient (Wildman–Crippen LogP) is 3.66. The number of carbonyl (C=O) groups is 1. The van der Waals surface area contributed by atoms with Gasteiger partial charge in [-0.1, -0.05) is 19.9 Å². The van der Waals surface area contributed by atoms with Crippen LogP contribution in [0, 0.1) is 22.9 Å². The molecule has 0 aliphatic carbocycles. The van der Waals surface area contributed by atoms with Crippen molar-refractivity contribution in [2.75, 3.05) is 0 Å². The van der Waals surface area contributed by atoms with Crippen LogP contribution in [0.3, 0.4) is 0 Å². The maximum Gasteiger partial charge on any atom is 0.270 e. The lowest BCUT2D eigenvalue weighted by Gasteiger charge is -2.12. The molecule has 0 bridgehead atoms. The summed E-state index contributed by atoms with van der Waals surface area (Å²) in [6, 6.07) is 7.10. The molecule has 7 nitrogen and oxygen atoms in total. The average Bonchev–Trinajstić information content (AvgIpc) is 2.53. The standard InChI is InChI=1S/C17H17FN2O5S2/c1-10(2)26-15-6-5-12(20(22)23)9-13(15)17(21)19-27(24,25)16-7-4-11(3)8-14(16)18/h4-10H,1-3H3,(H,19,21). The van der Waals surface area contributed by atoms with Gasteiger partial charge in [0, 0.05) is 22.3 Å². The van der Waals surface area contributed by atoms with E-state index < -0.39 is 31.6 Å². The maximum absolute atomic E-state index is 14.0. The molecule has 1 amide bonds. The van der Waals surface area contributed by atoms with E-state index in [0.29, 0.717) is 10.5 Å². The Morgan fingerprint density at radius 2 is 1.89 bits per heavy atom. The summed E-state index contributed by atoms with van der Waals surface area (Å²) in [5, 5.41) is 11.0. The van der Waals surface area contributed by atoms with Crippen molar-refractivity contribution in [1.29, 1.82) is 0 Å². The van der Waals surface area contributed by atoms with Gasteiger partial charge in [0.1, 0.15) is 10.7 Å². The van der Waals surface area contributed by atoms with Gasteiger partial charge in [-0.25, -0.2) is 17.5 Å². The van der Waals surface area contributed by atoms with Crippen molar-refractivity contribution in [3.63, 3.8) is 0 Å². The van der Waals surface area contributed by atoms with Gasteiger partial charge in [-0.15, -0.1) is 11.8 Å². The fourth-order valence-electron chi connectivity index (χ4n) is 2.22. The number of amides is 1. The monoisotopic (exact) mass is 412 g/mol. The molecule has 27 heavy (non-hydrogen) atoms. The van der Waals surface area contributed by atoms with Crippen molar-refractivity contribution in [2.45, 2.75) is 35.8 Å². The molecule has 2 aromatic carbocycles. The van der Waals surface area contributed by atoms with Crippen LogP contribution >= 0.6 is 11.8 Å². The highest BCUT2D eigenvalue weighted by Crippen LogP contribution is 2.30. The average molecular weight is 412 g/mol. The lowest BCUT2D eigenvalue weighted by Crippen LogP contribution is -2.31. The number of halogens is 1. The smallest absolute Gasteiger partial charge is 0.268 e. The van der Waals surface area contributed by atoms with Gasteiger partial charge in [0.05, 0.1) is 10.5 Å². The summed E-state index contributed by atoms with van der Waals surface area (Å²) in [4.78, 5) is 22.6. The van der Waals surface area contributed by atoms with E-state index in [1.54, 1.807) is 11.6 Å². The molecule has 0 spiro atoms. The van der Waals surface area contributed by atoms with Crippen molar-refractivity contribution in [3.8, 4) is 0 Å². The van der Waals surface area contributed by atoms with Gasteiger partial charge in [-0.05, 0) is 30.7 Å². The van der Waals surface area contributed by atoms with Crippen LogP contribution in [0.15, 0.2) is 46.2 Å². The molecular formula is C17H17FN2O5S2. The molecule has 0 radical (unpaired) electrons. The van der Waals surface area contributed by atoms with Crippen LogP contribution in [-0.2, 0) is 10.0 Å². The molecule has 2 rings (SSSR count). The maximum atomic E-state index is 14.0. The van der Waals surface area contributed by atoms with E-state index in [0.717, 1.165) is 18.2 Å². The van der Waals surface area contributed by atoms with Crippen molar-refractivity contribution in [1.82, 2.24) is 4.72 Å². The Balaban J connectivity index is 2.44. The van der Waals surface area contributed by atoms with E-state index in [2.05, 4.69) is 0 Å². The quantitative estimate of drug-likeness (QED) is 0.441. The van der Waals surface area contributed by atoms with Gasteiger partial charge >= 0.3 is 0 Å². The number of rotatable bonds is 6. The Morgan fingerprint density at radius 1 is 1.22 bits per heavy atom. The molecule has 0 unspecified atom stereocenters. The summed E-state index contributed by atoms with van der Waals surface area (Å²) in [5.74, 6) is -2.06. The fourth-order valence-corrected chi connectivity index (χ4v) is 4.18. The number of sulfonamides is 1. The van der Waals surface area contributed by atoms with Crippen LogP contribution in [0.2, 0.25) is 0 Å². The molecule has 0 aliphatic heterocycles. The summed E-state index contributed by atoms with van der Waals surface area (Å²) in [6.07, 6.45) is 0. The van der Waals surface area contributed by atoms with Crippen LogP contribution in [0.4, 0.5) is 10.1 Å². The van der Waals surface area contributed by atoms with Gasteiger partial charge in [0.25, 0.3) is 21.6 Å². The topological polar surface area (TPSA) is 106 Å². The fraction of sp³-hybridized carbons (Fsp3) is 0.235. The molecule has 0 saturated carbocycles. The van der Waals surface area contributed by atoms with E-state index in [4.69, 9.17) is 0 Å². The first-order chi connectivity index (χ1) is 12.5. The van der Waals surface area contributed by atoms with Gasteiger partial charge in [-0.2, -0.15) is 0 Å². The number of nitrogens with one attached hydrogen (secondary N) is 1. The second kappa shape index (κ2) is 8.05. The number of non-ortho nitro benzene ring substituents is 1. The number of nitrogens with zero attached hydrogens (tertiary/aromatic N) is 1. The third-order valence-electron chi connectivity index (χ3n) is 3.39. The normalized spacial score (nSPS) is 11.4. The minimum Gasteiger partial charge on any atom is -0.268 e. The van der Waals surface area contributed by atoms with Crippen LogP contribution in [0.25, 0.3) is 0 Å². The molecule has 0 heterocycles. The number of hydrogen-bond acceptors (Lipinski definition) is 6. The van der Waals surface area contributed by atoms with Crippen molar-refractivity contribution >= 4 is 33.4 Å². The largest absolute Gasteiger partial charge is 0.270 e. The number of nitro benzene ring substituents is 1. The van der Waals surface area contributed by atoms with Gasteiger partial charge in [0.15, 0.2) is 0 Å². The highest BCUT2D eigenvalue weighted by atomic mass is 32.2. The summed E-state index contributed by atoms with van der Waals surface area (Å²) >= 11 is 1.25. The molecule has 0 aromatic heterocycles. The molecule has 1 N–H and O–H groups in total. The lowest BCUT2D eigenvalue weighted by molar-refractivity contribution is -0.384. The minimum absolute atomic E-state index is 0.0455. The molecule has 0 saturated heterocycles. The molecular weight excluding hydrogens is 395 g/mol. The second-order valence-electron chi connectivity index (χ2n) is 5.97. The van der Waals surface area contributed by atoms with Crippen LogP contribution in [0.5, 0.6) is 0 Å². The molecule has 2 aromatic rings. The van der Waals surface area contributed by atoms with Crippen LogP contribution < -0.4 is 4.72 Å². The number of nitro groups is 1. The highest BCUT2D eigenvalue weighted by molar-refractivity contribution is 8.00. The number of hydrogen-bond donors (Lipinski definition) is 1. The van der Waals surface area contributed by atoms with Crippen LogP contribution in [0.1, 0.15) is 29.8 Å². The predicted molar refractivity (Wildman–Crippen MR) is 99.9 cm³/mol. The number of thioether (sulfide) groups is 1. The number of carbonyl (C=O) groups excluding carboxylic acids is 1. The molecule has 144 valence electrons. The Bertz CT molecular complexity index is 1010. The lowest BCUT2D eigenvalue weighted by atomic mass is 10.2. The summed E-state index contributed by atoms with van der Waals surface area (Å²) in [5.41, 5.74) is -0.00162. The third-order valence-corrected chi connectivity index (χ3v) is 5.83. The molecule has 0 fully saturated rings. The molecule has 0 aliphatic rings. The van der Waals surface area contributed by atoms with E-state index >= 15 is 0 Å². The highest BCUT2D eigenvalue weighted by Gasteiger charge is 2.25. The van der Waals surface area contributed by atoms with Gasteiger partial charge < -0.3 is 0 Å². The number of aryl methyl sites for hydroxylation is 1. The Morgan fingerprint density at radius 3 is 2.44 bits per heavy atom. The minimum atomic E-state index is -4.49. The first kappa shape index (κ1) is 20.8. The second-order valence-corrected chi connectivity index (χ2v) is 9.24. The summed E-state index contributed by atoms with van der Waals surface area (Å²) < 4.78 is 40.6. The third kappa shape index (κ3) is 5.04. The van der Waals surface area contributed by atoms with E-state index in [-0.39, 0.29) is 16.5 Å². The van der Waals surface area contributed by atoms with E-state index in [1.165, 1.54) is 30.0 Å². The SMILES string of the molecule is Cc1ccc(S(=O)(=O)NC(=O)c2cc([N+](=O)[O-])ccc2SC(C)C)c(F)c1. The van der Waals surface area contributed by atoms with Crippen LogP contribution in [-0.4, -0.2) is 24.5 Å². The first-order valence-corrected chi connectivity index (χ1v) is 10.2. The number of benzene rings is 2. The molecule has 0 atom stereocenters. The van der Waals surface area contributed by atoms with Gasteiger partial charge in [0.2, 0.25) is 0 Å². The Hall–Kier alpha value is -2.46. The van der Waals surface area contributed by atoms with Crippen molar-refractivity contribution in [2.24, 2.45) is 0 Å². The van der Waals surface area contributed by atoms with Crippen molar-refractivity contribution < 1.29 is 22.5 Å². The zero-order valence-electron chi connectivity index (χ0n) is 14.7. The summed E-state index contributed by atoms with van der Waals surface area (Å²) in [7, 11) is -4.49. The Labute approximate surface area is 160 Å². The zero-order chi connectivity index (χ0) is 20.4. The van der Waals surface area contributed by atoms with Gasteiger partial charge in [-0.3, -0.25) is 14.9 Å².